The van der Waals surface area contributed by atoms with Crippen molar-refractivity contribution in [1.29, 1.82) is 0 Å². The van der Waals surface area contributed by atoms with E-state index >= 15 is 0 Å². The topological polar surface area (TPSA) is 63.9 Å². The highest BCUT2D eigenvalue weighted by Gasteiger charge is 2.22. The third kappa shape index (κ3) is 4.28. The number of amides is 1. The molecule has 166 valence electrons. The minimum absolute atomic E-state index is 0.150. The number of benzene rings is 2. The number of allylic oxidation sites excluding steroid dienone is 1. The number of carbonyl (C=O) groups is 1. The maximum absolute atomic E-state index is 12.4. The Bertz CT molecular complexity index is 1320. The largest absolute Gasteiger partial charge is 0.342 e. The highest BCUT2D eigenvalue weighted by atomic mass is 32.2. The summed E-state index contributed by atoms with van der Waals surface area (Å²) >= 11 is 1.43. The first-order chi connectivity index (χ1) is 16.1. The summed E-state index contributed by atoms with van der Waals surface area (Å²) in [5.41, 5.74) is 5.02. The maximum atomic E-state index is 12.4. The fourth-order valence-electron chi connectivity index (χ4n) is 3.90. The number of aromatic nitrogens is 4. The molecule has 5 rings (SSSR count). The molecule has 1 aliphatic rings. The van der Waals surface area contributed by atoms with E-state index in [-0.39, 0.29) is 5.91 Å². The van der Waals surface area contributed by atoms with Gasteiger partial charge < -0.3 is 4.90 Å². The summed E-state index contributed by atoms with van der Waals surface area (Å²) in [5, 5.41) is 10.7. The predicted octanol–water partition coefficient (Wildman–Crippen LogP) is 4.98. The second kappa shape index (κ2) is 9.19. The third-order valence-electron chi connectivity index (χ3n) is 5.87. The van der Waals surface area contributed by atoms with Crippen molar-refractivity contribution in [2.75, 3.05) is 18.8 Å². The summed E-state index contributed by atoms with van der Waals surface area (Å²) in [6, 6.07) is 18.5. The third-order valence-corrected chi connectivity index (χ3v) is 6.82. The van der Waals surface area contributed by atoms with Gasteiger partial charge in [-0.1, -0.05) is 65.9 Å². The quantitative estimate of drug-likeness (QED) is 0.291. The van der Waals surface area contributed by atoms with Crippen molar-refractivity contribution in [2.45, 2.75) is 25.0 Å². The van der Waals surface area contributed by atoms with Crippen molar-refractivity contribution < 1.29 is 4.79 Å². The summed E-state index contributed by atoms with van der Waals surface area (Å²) in [5.74, 6) is 1.26. The highest BCUT2D eigenvalue weighted by Crippen LogP contribution is 2.33. The number of hydrogen-bond donors (Lipinski definition) is 0. The number of nitrogens with zero attached hydrogens (tertiary/aromatic N) is 5. The van der Waals surface area contributed by atoms with Crippen LogP contribution in [0.5, 0.6) is 0 Å². The summed E-state index contributed by atoms with van der Waals surface area (Å²) in [4.78, 5) is 19.2. The van der Waals surface area contributed by atoms with Crippen molar-refractivity contribution in [3.05, 3.63) is 72.8 Å². The molecule has 2 aromatic carbocycles. The maximum Gasteiger partial charge on any atom is 0.233 e. The van der Waals surface area contributed by atoms with Crippen LogP contribution < -0.4 is 0 Å². The van der Waals surface area contributed by atoms with E-state index in [1.165, 1.54) is 17.3 Å². The molecule has 0 unspecified atom stereocenters. The smallest absolute Gasteiger partial charge is 0.233 e. The minimum Gasteiger partial charge on any atom is -0.342 e. The molecule has 33 heavy (non-hydrogen) atoms. The van der Waals surface area contributed by atoms with Crippen LogP contribution in [0.25, 0.3) is 33.5 Å². The molecule has 0 saturated carbocycles. The molecule has 1 fully saturated rings. The Balaban J connectivity index is 1.57. The van der Waals surface area contributed by atoms with Crippen LogP contribution in [0.2, 0.25) is 0 Å². The second-order valence-electron chi connectivity index (χ2n) is 8.17. The van der Waals surface area contributed by atoms with E-state index in [0.29, 0.717) is 12.3 Å². The van der Waals surface area contributed by atoms with Crippen LogP contribution in [0, 0.1) is 6.92 Å². The van der Waals surface area contributed by atoms with Gasteiger partial charge in [0.15, 0.2) is 11.0 Å². The van der Waals surface area contributed by atoms with Crippen LogP contribution >= 0.6 is 11.8 Å². The normalized spacial score (nSPS) is 13.2. The van der Waals surface area contributed by atoms with Crippen LogP contribution in [0.4, 0.5) is 0 Å². The van der Waals surface area contributed by atoms with Crippen molar-refractivity contribution in [1.82, 2.24) is 24.6 Å². The Labute approximate surface area is 197 Å². The SMILES string of the molecule is C=CCn1c(SCC(=O)N2CCC2)nnc1-c1cc(-c2ccc(C)cc2)nc2ccccc12. The fourth-order valence-corrected chi connectivity index (χ4v) is 4.75. The predicted molar refractivity (Wildman–Crippen MR) is 133 cm³/mol. The molecule has 7 heteroatoms. The molecule has 4 aromatic rings. The molecule has 2 aromatic heterocycles. The van der Waals surface area contributed by atoms with E-state index in [1.807, 2.05) is 33.7 Å². The van der Waals surface area contributed by atoms with Gasteiger partial charge in [-0.15, -0.1) is 16.8 Å². The first-order valence-corrected chi connectivity index (χ1v) is 12.0. The van der Waals surface area contributed by atoms with E-state index in [2.05, 4.69) is 60.1 Å². The zero-order chi connectivity index (χ0) is 22.8. The number of likely N-dealkylation sites (tertiary alicyclic amines) is 1. The van der Waals surface area contributed by atoms with E-state index in [1.54, 1.807) is 0 Å². The van der Waals surface area contributed by atoms with Crippen molar-refractivity contribution in [3.63, 3.8) is 0 Å². The highest BCUT2D eigenvalue weighted by molar-refractivity contribution is 7.99. The van der Waals surface area contributed by atoms with Crippen molar-refractivity contribution >= 4 is 28.6 Å². The zero-order valence-corrected chi connectivity index (χ0v) is 19.4. The van der Waals surface area contributed by atoms with Gasteiger partial charge in [0.05, 0.1) is 17.0 Å². The number of pyridine rings is 1. The Kier molecular flexibility index (Phi) is 5.96. The molecule has 0 bridgehead atoms. The lowest BCUT2D eigenvalue weighted by molar-refractivity contribution is -0.131. The lowest BCUT2D eigenvalue weighted by Gasteiger charge is -2.30. The number of fused-ring (bicyclic) bond motifs is 1. The van der Waals surface area contributed by atoms with Gasteiger partial charge in [0.1, 0.15) is 0 Å². The van der Waals surface area contributed by atoms with Crippen LogP contribution in [0.15, 0.2) is 72.4 Å². The number of carbonyl (C=O) groups excluding carboxylic acids is 1. The molecular formula is C26H25N5OS. The van der Waals surface area contributed by atoms with Gasteiger partial charge in [0, 0.05) is 36.1 Å². The van der Waals surface area contributed by atoms with Gasteiger partial charge in [0.2, 0.25) is 5.91 Å². The van der Waals surface area contributed by atoms with Crippen molar-refractivity contribution in [2.24, 2.45) is 0 Å². The Morgan fingerprint density at radius 1 is 1.12 bits per heavy atom. The Hall–Kier alpha value is -3.45. The zero-order valence-electron chi connectivity index (χ0n) is 18.6. The summed E-state index contributed by atoms with van der Waals surface area (Å²) in [6.45, 7) is 8.26. The summed E-state index contributed by atoms with van der Waals surface area (Å²) < 4.78 is 2.03. The molecule has 0 aliphatic carbocycles. The average molecular weight is 456 g/mol. The van der Waals surface area contributed by atoms with Crippen LogP contribution in [-0.2, 0) is 11.3 Å². The van der Waals surface area contributed by atoms with E-state index < -0.39 is 0 Å². The van der Waals surface area contributed by atoms with Gasteiger partial charge >= 0.3 is 0 Å². The molecule has 3 heterocycles. The molecule has 0 N–H and O–H groups in total. The molecule has 0 radical (unpaired) electrons. The first kappa shape index (κ1) is 21.4. The lowest BCUT2D eigenvalue weighted by atomic mass is 10.0. The van der Waals surface area contributed by atoms with Gasteiger partial charge in [-0.05, 0) is 25.5 Å². The minimum atomic E-state index is 0.150. The molecule has 1 aliphatic heterocycles. The summed E-state index contributed by atoms with van der Waals surface area (Å²) in [6.07, 6.45) is 2.92. The molecule has 0 atom stereocenters. The van der Waals surface area contributed by atoms with E-state index in [9.17, 15) is 4.79 Å². The van der Waals surface area contributed by atoms with Gasteiger partial charge in [-0.3, -0.25) is 9.36 Å². The van der Waals surface area contributed by atoms with Crippen LogP contribution in [0.3, 0.4) is 0 Å². The first-order valence-electron chi connectivity index (χ1n) is 11.1. The summed E-state index contributed by atoms with van der Waals surface area (Å²) in [7, 11) is 0. The average Bonchev–Trinajstić information content (AvgIpc) is 3.19. The molecule has 1 amide bonds. The number of aryl methyl sites for hydroxylation is 1. The van der Waals surface area contributed by atoms with Crippen LogP contribution in [0.1, 0.15) is 12.0 Å². The van der Waals surface area contributed by atoms with Crippen LogP contribution in [-0.4, -0.2) is 49.4 Å². The van der Waals surface area contributed by atoms with Gasteiger partial charge in [0.25, 0.3) is 0 Å². The lowest BCUT2D eigenvalue weighted by Crippen LogP contribution is -2.43. The molecule has 0 spiro atoms. The second-order valence-corrected chi connectivity index (χ2v) is 9.11. The Morgan fingerprint density at radius 2 is 1.91 bits per heavy atom. The number of para-hydroxylation sites is 1. The number of thioether (sulfide) groups is 1. The number of rotatable bonds is 7. The monoisotopic (exact) mass is 455 g/mol. The van der Waals surface area contributed by atoms with E-state index in [0.717, 1.165) is 58.2 Å². The van der Waals surface area contributed by atoms with Gasteiger partial charge in [-0.2, -0.15) is 0 Å². The van der Waals surface area contributed by atoms with Crippen molar-refractivity contribution in [3.8, 4) is 22.6 Å². The molecule has 6 nitrogen and oxygen atoms in total. The molecule has 1 saturated heterocycles. The Morgan fingerprint density at radius 3 is 2.64 bits per heavy atom. The van der Waals surface area contributed by atoms with Gasteiger partial charge in [-0.25, -0.2) is 4.98 Å². The standard InChI is InChI=1S/C26H25N5OS/c1-3-13-31-25(28-29-26(31)33-17-24(32)30-14-6-15-30)21-16-23(19-11-9-18(2)10-12-19)27-22-8-5-4-7-20(21)22/h3-5,7-12,16H,1,6,13-15,17H2,2H3. The molecular weight excluding hydrogens is 430 g/mol. The number of hydrogen-bond acceptors (Lipinski definition) is 5. The van der Waals surface area contributed by atoms with E-state index in [4.69, 9.17) is 4.98 Å². The fraction of sp³-hybridized carbons (Fsp3) is 0.231.